The maximum Gasteiger partial charge on any atom is 0.456 e. The summed E-state index contributed by atoms with van der Waals surface area (Å²) in [4.78, 5) is 49.1. The average molecular weight is 547 g/mol. The van der Waals surface area contributed by atoms with E-state index >= 15 is 0 Å². The number of alkyl halides is 5. The maximum absolute atomic E-state index is 13.2. The molecule has 18 heteroatoms. The number of carbonyl (C=O) groups excluding carboxylic acids is 1. The lowest BCUT2D eigenvalue weighted by Crippen LogP contribution is -2.61. The van der Waals surface area contributed by atoms with Crippen molar-refractivity contribution in [3.8, 4) is 5.75 Å². The van der Waals surface area contributed by atoms with Crippen LogP contribution in [0.25, 0.3) is 10.4 Å². The molecule has 0 atom stereocenters. The van der Waals surface area contributed by atoms with E-state index < -0.39 is 70.4 Å². The molecule has 3 N–H and O–H groups in total. The van der Waals surface area contributed by atoms with Gasteiger partial charge in [-0.15, -0.1) is 0 Å². The molecule has 13 nitrogen and oxygen atoms in total. The summed E-state index contributed by atoms with van der Waals surface area (Å²) in [5.41, 5.74) is 3.66. The topological polar surface area (TPSA) is 205 Å². The van der Waals surface area contributed by atoms with Crippen molar-refractivity contribution in [3.05, 3.63) is 74.1 Å². The average Bonchev–Trinajstić information content (AvgIpc) is 2.82. The van der Waals surface area contributed by atoms with Gasteiger partial charge in [-0.05, 0) is 17.2 Å². The monoisotopic (exact) mass is 547 g/mol. The number of nitrogens with one attached hydrogen (secondary N) is 1. The first-order chi connectivity index (χ1) is 17.5. The number of amides is 1. The standard InChI is InChI=1S/C20H14F5N5O8/c21-19(22,20(23,24)25)9-38-14-7-11(3-6-13(14)30(36)37)15(31)27-18(16(32)33,17(34)35)8-10-1-4-12(5-2-10)28-29-26/h1-7H,8-9H2,(H,27,31)(H,32,33)(H,34,35). The molecule has 2 aromatic rings. The number of rotatable bonds is 11. The number of carbonyl (C=O) groups is 3. The molecule has 0 saturated carbocycles. The van der Waals surface area contributed by atoms with Crippen LogP contribution in [0.3, 0.4) is 0 Å². The number of nitro groups is 1. The second kappa shape index (κ2) is 11.0. The summed E-state index contributed by atoms with van der Waals surface area (Å²) in [5, 5.41) is 35.4. The third-order valence-electron chi connectivity index (χ3n) is 4.87. The highest BCUT2D eigenvalue weighted by molar-refractivity contribution is 6.09. The summed E-state index contributed by atoms with van der Waals surface area (Å²) < 4.78 is 68.0. The van der Waals surface area contributed by atoms with E-state index in [9.17, 15) is 56.7 Å². The highest BCUT2D eigenvalue weighted by atomic mass is 19.4. The van der Waals surface area contributed by atoms with Crippen molar-refractivity contribution in [3.63, 3.8) is 0 Å². The van der Waals surface area contributed by atoms with Crippen LogP contribution in [0.2, 0.25) is 0 Å². The molecule has 202 valence electrons. The summed E-state index contributed by atoms with van der Waals surface area (Å²) in [5.74, 6) is -12.2. The van der Waals surface area contributed by atoms with E-state index in [-0.39, 0.29) is 11.3 Å². The Morgan fingerprint density at radius 2 is 1.63 bits per heavy atom. The molecule has 0 aliphatic carbocycles. The van der Waals surface area contributed by atoms with Gasteiger partial charge in [-0.1, -0.05) is 29.4 Å². The number of aliphatic carboxylic acids is 2. The number of nitrogens with zero attached hydrogens (tertiary/aromatic N) is 4. The Kier molecular flexibility index (Phi) is 8.43. The molecule has 0 spiro atoms. The molecular weight excluding hydrogens is 533 g/mol. The van der Waals surface area contributed by atoms with Gasteiger partial charge in [0.05, 0.1) is 4.92 Å². The fourth-order valence-corrected chi connectivity index (χ4v) is 2.87. The highest BCUT2D eigenvalue weighted by Crippen LogP contribution is 2.37. The second-order valence-corrected chi connectivity index (χ2v) is 7.43. The highest BCUT2D eigenvalue weighted by Gasteiger charge is 2.58. The fourth-order valence-electron chi connectivity index (χ4n) is 2.87. The van der Waals surface area contributed by atoms with Crippen LogP contribution < -0.4 is 10.1 Å². The lowest BCUT2D eigenvalue weighted by Gasteiger charge is -2.26. The van der Waals surface area contributed by atoms with Gasteiger partial charge in [-0.2, -0.15) is 22.0 Å². The summed E-state index contributed by atoms with van der Waals surface area (Å²) in [7, 11) is 0. The Hall–Kier alpha value is -4.99. The van der Waals surface area contributed by atoms with E-state index in [1.807, 2.05) is 0 Å². The Labute approximate surface area is 207 Å². The third kappa shape index (κ3) is 6.41. The molecule has 0 aromatic heterocycles. The van der Waals surface area contributed by atoms with Crippen molar-refractivity contribution in [1.82, 2.24) is 5.32 Å². The Balaban J connectivity index is 2.43. The summed E-state index contributed by atoms with van der Waals surface area (Å²) in [6, 6.07) is 6.41. The van der Waals surface area contributed by atoms with E-state index in [1.54, 1.807) is 5.32 Å². The third-order valence-corrected chi connectivity index (χ3v) is 4.87. The zero-order valence-electron chi connectivity index (χ0n) is 18.5. The number of carboxylic acid groups (broad SMARTS) is 2. The van der Waals surface area contributed by atoms with Crippen molar-refractivity contribution < 1.29 is 56.2 Å². The summed E-state index contributed by atoms with van der Waals surface area (Å²) >= 11 is 0. The summed E-state index contributed by atoms with van der Waals surface area (Å²) in [6.07, 6.45) is -6.92. The van der Waals surface area contributed by atoms with Crippen LogP contribution in [0.15, 0.2) is 47.6 Å². The van der Waals surface area contributed by atoms with E-state index in [0.717, 1.165) is 0 Å². The predicted octanol–water partition coefficient (Wildman–Crippen LogP) is 3.99. The minimum atomic E-state index is -6.06. The number of halogens is 5. The van der Waals surface area contributed by atoms with Crippen molar-refractivity contribution in [1.29, 1.82) is 0 Å². The molecule has 0 heterocycles. The molecule has 2 aromatic carbocycles. The maximum atomic E-state index is 13.2. The van der Waals surface area contributed by atoms with Crippen LogP contribution in [0.5, 0.6) is 5.75 Å². The van der Waals surface area contributed by atoms with E-state index in [2.05, 4.69) is 14.8 Å². The molecule has 0 unspecified atom stereocenters. The van der Waals surface area contributed by atoms with Gasteiger partial charge in [-0.25, -0.2) is 9.59 Å². The van der Waals surface area contributed by atoms with Gasteiger partial charge < -0.3 is 20.3 Å². The lowest BCUT2D eigenvalue weighted by atomic mass is 9.90. The zero-order chi connectivity index (χ0) is 28.9. The van der Waals surface area contributed by atoms with Crippen molar-refractivity contribution in [2.24, 2.45) is 5.11 Å². The first-order valence-electron chi connectivity index (χ1n) is 9.83. The SMILES string of the molecule is [N-]=[N+]=Nc1ccc(CC(NC(=O)c2ccc([N+](=O)[O-])c(OCC(F)(F)C(F)(F)F)c2)(C(=O)O)C(=O)O)cc1. The van der Waals surface area contributed by atoms with Crippen LogP contribution in [-0.4, -0.2) is 57.2 Å². The fraction of sp³-hybridized carbons (Fsp3) is 0.250. The van der Waals surface area contributed by atoms with Crippen LogP contribution in [0.1, 0.15) is 15.9 Å². The van der Waals surface area contributed by atoms with Crippen molar-refractivity contribution in [2.75, 3.05) is 6.61 Å². The molecule has 0 radical (unpaired) electrons. The van der Waals surface area contributed by atoms with Crippen LogP contribution >= 0.6 is 0 Å². The molecule has 0 bridgehead atoms. The van der Waals surface area contributed by atoms with E-state index in [4.69, 9.17) is 5.53 Å². The number of benzene rings is 2. The van der Waals surface area contributed by atoms with Crippen molar-refractivity contribution >= 4 is 29.2 Å². The molecule has 2 rings (SSSR count). The smallest absolute Gasteiger partial charge is 0.456 e. The number of ether oxygens (including phenoxy) is 1. The first-order valence-corrected chi connectivity index (χ1v) is 9.83. The van der Waals surface area contributed by atoms with Gasteiger partial charge in [0, 0.05) is 34.7 Å². The quantitative estimate of drug-likeness (QED) is 0.0711. The zero-order valence-corrected chi connectivity index (χ0v) is 18.5. The van der Waals surface area contributed by atoms with Gasteiger partial charge in [0.25, 0.3) is 5.91 Å². The van der Waals surface area contributed by atoms with Crippen LogP contribution in [-0.2, 0) is 16.0 Å². The minimum absolute atomic E-state index is 0.0362. The normalized spacial score (nSPS) is 11.7. The Morgan fingerprint density at radius 1 is 1.05 bits per heavy atom. The van der Waals surface area contributed by atoms with Gasteiger partial charge in [-0.3, -0.25) is 14.9 Å². The Bertz CT molecular complexity index is 1300. The number of nitro benzene ring substituents is 1. The van der Waals surface area contributed by atoms with Crippen LogP contribution in [0, 0.1) is 10.1 Å². The van der Waals surface area contributed by atoms with Gasteiger partial charge in [0.15, 0.2) is 12.4 Å². The molecule has 0 fully saturated rings. The van der Waals surface area contributed by atoms with E-state index in [1.165, 1.54) is 24.3 Å². The van der Waals surface area contributed by atoms with Crippen molar-refractivity contribution in [2.45, 2.75) is 24.1 Å². The molecule has 0 aliphatic rings. The molecule has 1 amide bonds. The van der Waals surface area contributed by atoms with E-state index in [0.29, 0.717) is 18.2 Å². The molecule has 0 saturated heterocycles. The second-order valence-electron chi connectivity index (χ2n) is 7.43. The predicted molar refractivity (Wildman–Crippen MR) is 114 cm³/mol. The Morgan fingerprint density at radius 3 is 2.11 bits per heavy atom. The molecule has 0 aliphatic heterocycles. The lowest BCUT2D eigenvalue weighted by molar-refractivity contribution is -0.386. The number of carboxylic acids is 2. The van der Waals surface area contributed by atoms with Gasteiger partial charge >= 0.3 is 29.7 Å². The van der Waals surface area contributed by atoms with Gasteiger partial charge in [0.2, 0.25) is 5.54 Å². The van der Waals surface area contributed by atoms with Gasteiger partial charge in [0.1, 0.15) is 0 Å². The number of azide groups is 1. The number of hydrogen-bond acceptors (Lipinski definition) is 7. The van der Waals surface area contributed by atoms with Crippen LogP contribution in [0.4, 0.5) is 33.3 Å². The molecule has 38 heavy (non-hydrogen) atoms. The number of hydrogen-bond donors (Lipinski definition) is 3. The molecular formula is C20H14F5N5O8. The first kappa shape index (κ1) is 29.2. The summed E-state index contributed by atoms with van der Waals surface area (Å²) in [6.45, 7) is -2.39. The minimum Gasteiger partial charge on any atom is -0.480 e. The largest absolute Gasteiger partial charge is 0.480 e.